The fourth-order valence-electron chi connectivity index (χ4n) is 4.63. The number of carbonyl (C=O) groups excluding carboxylic acids is 2. The van der Waals surface area contributed by atoms with E-state index >= 15 is 0 Å². The Bertz CT molecular complexity index is 935. The first kappa shape index (κ1) is 19.9. The molecule has 3 heterocycles. The van der Waals surface area contributed by atoms with Crippen LogP contribution in [0.25, 0.3) is 0 Å². The summed E-state index contributed by atoms with van der Waals surface area (Å²) >= 11 is 6.36. The van der Waals surface area contributed by atoms with E-state index in [0.717, 1.165) is 43.7 Å². The van der Waals surface area contributed by atoms with Gasteiger partial charge in [-0.3, -0.25) is 19.7 Å². The monoisotopic (exact) mass is 415 g/mol. The molecule has 0 bridgehead atoms. The molecule has 0 spiro atoms. The third kappa shape index (κ3) is 3.89. The number of halogens is 1. The van der Waals surface area contributed by atoms with E-state index in [2.05, 4.69) is 26.8 Å². The summed E-state index contributed by atoms with van der Waals surface area (Å²) in [7, 11) is 1.93. The van der Waals surface area contributed by atoms with Crippen molar-refractivity contribution >= 4 is 23.5 Å². The summed E-state index contributed by atoms with van der Waals surface area (Å²) in [6.07, 6.45) is 4.12. The highest BCUT2D eigenvalue weighted by Crippen LogP contribution is 2.35. The molecule has 2 aliphatic heterocycles. The first-order chi connectivity index (χ1) is 13.9. The van der Waals surface area contributed by atoms with Gasteiger partial charge >= 0.3 is 6.03 Å². The molecule has 0 radical (unpaired) electrons. The fraction of sp³-hybridized carbons (Fsp3) is 0.476. The number of hydrogen-bond donors (Lipinski definition) is 2. The van der Waals surface area contributed by atoms with Crippen molar-refractivity contribution in [1.82, 2.24) is 25.3 Å². The van der Waals surface area contributed by atoms with E-state index in [9.17, 15) is 9.59 Å². The second kappa shape index (κ2) is 7.80. The molecule has 0 aliphatic carbocycles. The molecule has 2 saturated heterocycles. The second-order valence-electron chi connectivity index (χ2n) is 8.11. The highest BCUT2D eigenvalue weighted by Gasteiger charge is 2.52. The van der Waals surface area contributed by atoms with Gasteiger partial charge in [0.2, 0.25) is 0 Å². The molecular formula is C21H26ClN5O2. The number of amides is 3. The molecule has 0 saturated carbocycles. The van der Waals surface area contributed by atoms with Crippen LogP contribution in [0, 0.1) is 12.8 Å². The summed E-state index contributed by atoms with van der Waals surface area (Å²) in [5.41, 5.74) is 2.20. The summed E-state index contributed by atoms with van der Waals surface area (Å²) in [6, 6.07) is 7.09. The Balaban J connectivity index is 1.50. The Hall–Kier alpha value is -2.38. The lowest BCUT2D eigenvalue weighted by molar-refractivity contribution is -0.126. The maximum absolute atomic E-state index is 12.9. The summed E-state index contributed by atoms with van der Waals surface area (Å²) in [5, 5.41) is 10.4. The average molecular weight is 416 g/mol. The largest absolute Gasteiger partial charge is 0.323 e. The number of likely N-dealkylation sites (tertiary alicyclic amines) is 1. The molecule has 1 aromatic carbocycles. The second-order valence-corrected chi connectivity index (χ2v) is 8.52. The zero-order chi connectivity index (χ0) is 20.6. The van der Waals surface area contributed by atoms with E-state index in [1.807, 2.05) is 42.9 Å². The molecule has 2 aliphatic rings. The third-order valence-electron chi connectivity index (χ3n) is 6.19. The Morgan fingerprint density at radius 1 is 1.21 bits per heavy atom. The van der Waals surface area contributed by atoms with Gasteiger partial charge in [-0.1, -0.05) is 29.8 Å². The van der Waals surface area contributed by atoms with Crippen molar-refractivity contribution in [2.45, 2.75) is 38.3 Å². The van der Waals surface area contributed by atoms with Crippen molar-refractivity contribution in [3.05, 3.63) is 52.3 Å². The maximum Gasteiger partial charge on any atom is 0.322 e. The molecule has 1 unspecified atom stereocenters. The van der Waals surface area contributed by atoms with Gasteiger partial charge in [0, 0.05) is 36.8 Å². The van der Waals surface area contributed by atoms with E-state index in [1.54, 1.807) is 0 Å². The molecule has 1 aromatic heterocycles. The van der Waals surface area contributed by atoms with Crippen molar-refractivity contribution in [2.24, 2.45) is 13.0 Å². The van der Waals surface area contributed by atoms with E-state index < -0.39 is 11.6 Å². The fourth-order valence-corrected chi connectivity index (χ4v) is 4.83. The number of carbonyl (C=O) groups is 2. The van der Waals surface area contributed by atoms with Crippen LogP contribution in [0.3, 0.4) is 0 Å². The van der Waals surface area contributed by atoms with Crippen LogP contribution >= 0.6 is 11.6 Å². The number of aromatic nitrogens is 2. The summed E-state index contributed by atoms with van der Waals surface area (Å²) in [4.78, 5) is 27.3. The number of piperidine rings is 1. The van der Waals surface area contributed by atoms with Gasteiger partial charge in [0.15, 0.2) is 0 Å². The normalized spacial score (nSPS) is 23.3. The predicted molar refractivity (Wildman–Crippen MR) is 111 cm³/mol. The number of urea groups is 1. The van der Waals surface area contributed by atoms with Crippen molar-refractivity contribution in [2.75, 3.05) is 13.1 Å². The number of benzene rings is 1. The summed E-state index contributed by atoms with van der Waals surface area (Å²) < 4.78 is 1.84. The van der Waals surface area contributed by atoms with E-state index in [0.29, 0.717) is 11.4 Å². The lowest BCUT2D eigenvalue weighted by Crippen LogP contribution is -2.57. The van der Waals surface area contributed by atoms with Gasteiger partial charge in [-0.05, 0) is 50.4 Å². The molecule has 2 N–H and O–H groups in total. The number of hydrogen-bond acceptors (Lipinski definition) is 4. The smallest absolute Gasteiger partial charge is 0.322 e. The lowest BCUT2D eigenvalue weighted by Gasteiger charge is -2.40. The highest BCUT2D eigenvalue weighted by molar-refractivity contribution is 6.31. The molecule has 2 aromatic rings. The maximum atomic E-state index is 12.9. The van der Waals surface area contributed by atoms with E-state index in [-0.39, 0.29) is 11.8 Å². The minimum Gasteiger partial charge on any atom is -0.323 e. The van der Waals surface area contributed by atoms with Gasteiger partial charge in [0.25, 0.3) is 5.91 Å². The van der Waals surface area contributed by atoms with Gasteiger partial charge < -0.3 is 5.32 Å². The zero-order valence-electron chi connectivity index (χ0n) is 16.7. The quantitative estimate of drug-likeness (QED) is 0.735. The van der Waals surface area contributed by atoms with Crippen LogP contribution in [0.15, 0.2) is 30.5 Å². The zero-order valence-corrected chi connectivity index (χ0v) is 17.5. The lowest BCUT2D eigenvalue weighted by atomic mass is 9.74. The Labute approximate surface area is 175 Å². The minimum atomic E-state index is -0.946. The van der Waals surface area contributed by atoms with Crippen LogP contribution in [0.1, 0.15) is 29.7 Å². The van der Waals surface area contributed by atoms with Crippen LogP contribution in [-0.2, 0) is 24.8 Å². The Morgan fingerprint density at radius 3 is 2.52 bits per heavy atom. The molecule has 154 valence electrons. The summed E-state index contributed by atoms with van der Waals surface area (Å²) in [5.74, 6) is -0.194. The topological polar surface area (TPSA) is 79.3 Å². The molecule has 7 nitrogen and oxygen atoms in total. The molecule has 1 atom stereocenters. The van der Waals surface area contributed by atoms with Crippen LogP contribution in [0.2, 0.25) is 5.02 Å². The van der Waals surface area contributed by atoms with Gasteiger partial charge in [-0.2, -0.15) is 5.10 Å². The van der Waals surface area contributed by atoms with Gasteiger partial charge in [-0.15, -0.1) is 0 Å². The standard InChI is InChI=1S/C21H26ClN5O2/c1-14-16(12-26(2)25-14)13-27-9-7-17(8-10-27)21(19(28)23-20(29)24-21)11-15-5-3-4-6-18(15)22/h3-6,12,17H,7-11,13H2,1-2H3,(H2,23,24,28,29). The van der Waals surface area contributed by atoms with E-state index in [4.69, 9.17) is 11.6 Å². The number of nitrogens with zero attached hydrogens (tertiary/aromatic N) is 3. The number of nitrogens with one attached hydrogen (secondary N) is 2. The van der Waals surface area contributed by atoms with Crippen molar-refractivity contribution in [1.29, 1.82) is 0 Å². The van der Waals surface area contributed by atoms with Gasteiger partial charge in [-0.25, -0.2) is 4.79 Å². The van der Waals surface area contributed by atoms with Crippen LogP contribution in [0.4, 0.5) is 4.79 Å². The van der Waals surface area contributed by atoms with Gasteiger partial charge in [0.1, 0.15) is 5.54 Å². The van der Waals surface area contributed by atoms with Gasteiger partial charge in [0.05, 0.1) is 5.69 Å². The number of aryl methyl sites for hydroxylation is 2. The SMILES string of the molecule is Cc1nn(C)cc1CN1CCC(C2(Cc3ccccc3Cl)NC(=O)NC2=O)CC1. The third-order valence-corrected chi connectivity index (χ3v) is 6.56. The molecule has 8 heteroatoms. The summed E-state index contributed by atoms with van der Waals surface area (Å²) in [6.45, 7) is 4.61. The van der Waals surface area contributed by atoms with Crippen LogP contribution in [0.5, 0.6) is 0 Å². The highest BCUT2D eigenvalue weighted by atomic mass is 35.5. The number of rotatable bonds is 5. The molecular weight excluding hydrogens is 390 g/mol. The molecule has 3 amide bonds. The Kier molecular flexibility index (Phi) is 5.36. The predicted octanol–water partition coefficient (Wildman–Crippen LogP) is 2.41. The van der Waals surface area contributed by atoms with Crippen molar-refractivity contribution < 1.29 is 9.59 Å². The first-order valence-corrected chi connectivity index (χ1v) is 10.3. The van der Waals surface area contributed by atoms with Crippen molar-refractivity contribution in [3.8, 4) is 0 Å². The molecule has 2 fully saturated rings. The van der Waals surface area contributed by atoms with Crippen LogP contribution < -0.4 is 10.6 Å². The first-order valence-electron chi connectivity index (χ1n) is 9.96. The van der Waals surface area contributed by atoms with E-state index in [1.165, 1.54) is 5.56 Å². The van der Waals surface area contributed by atoms with Crippen molar-refractivity contribution in [3.63, 3.8) is 0 Å². The Morgan fingerprint density at radius 2 is 1.93 bits per heavy atom. The van der Waals surface area contributed by atoms with Crippen LogP contribution in [-0.4, -0.2) is 45.2 Å². The number of imide groups is 1. The molecule has 4 rings (SSSR count). The molecule has 29 heavy (non-hydrogen) atoms. The minimum absolute atomic E-state index is 0.0523. The average Bonchev–Trinajstić information content (AvgIpc) is 3.15.